The van der Waals surface area contributed by atoms with Crippen molar-refractivity contribution < 1.29 is 30.4 Å². The van der Waals surface area contributed by atoms with E-state index in [9.17, 15) is 25.6 Å². The van der Waals surface area contributed by atoms with Gasteiger partial charge in [-0.1, -0.05) is 12.1 Å². The van der Waals surface area contributed by atoms with Crippen molar-refractivity contribution in [2.45, 2.75) is 26.2 Å². The standard InChI is InChI=1S/C17H20N4O6/c1-10-14(17(22)27-8-4-7-18)15(16(21(25)26)11(2)19-10)12-5-3-6-13(9-12)20(23)24/h3,5-6,9,15,19-21,23,25H,4,8H2,1-2H3/t15-/m0/s1. The molecule has 144 valence electrons. The van der Waals surface area contributed by atoms with E-state index in [1.54, 1.807) is 19.9 Å². The van der Waals surface area contributed by atoms with Gasteiger partial charge in [0.15, 0.2) is 11.4 Å². The van der Waals surface area contributed by atoms with Gasteiger partial charge in [0.1, 0.15) is 6.61 Å². The number of nitrogens with one attached hydrogen (secondary N) is 3. The summed E-state index contributed by atoms with van der Waals surface area (Å²) >= 11 is 0. The van der Waals surface area contributed by atoms with Crippen LogP contribution in [0.15, 0.2) is 46.9 Å². The molecule has 2 unspecified atom stereocenters. The van der Waals surface area contributed by atoms with Crippen LogP contribution in [0.3, 0.4) is 0 Å². The van der Waals surface area contributed by atoms with E-state index < -0.39 is 22.3 Å². The highest BCUT2D eigenvalue weighted by Crippen LogP contribution is 2.36. The molecule has 0 aromatic heterocycles. The minimum Gasteiger partial charge on any atom is -0.595 e. The van der Waals surface area contributed by atoms with Gasteiger partial charge in [0.05, 0.1) is 29.7 Å². The largest absolute Gasteiger partial charge is 0.595 e. The lowest BCUT2D eigenvalue weighted by atomic mass is 9.84. The van der Waals surface area contributed by atoms with E-state index in [-0.39, 0.29) is 30.0 Å². The number of dihydropyridines is 1. The van der Waals surface area contributed by atoms with E-state index in [1.165, 1.54) is 18.2 Å². The van der Waals surface area contributed by atoms with E-state index in [4.69, 9.17) is 10.00 Å². The van der Waals surface area contributed by atoms with Crippen molar-refractivity contribution in [3.8, 4) is 6.07 Å². The van der Waals surface area contributed by atoms with Crippen molar-refractivity contribution in [1.82, 2.24) is 5.32 Å². The van der Waals surface area contributed by atoms with Gasteiger partial charge in [-0.05, 0) is 19.4 Å². The third-order valence-corrected chi connectivity index (χ3v) is 4.12. The predicted octanol–water partition coefficient (Wildman–Crippen LogP) is -0.489. The fourth-order valence-electron chi connectivity index (χ4n) is 3.00. The van der Waals surface area contributed by atoms with Crippen LogP contribution in [0.2, 0.25) is 0 Å². The molecule has 1 aromatic rings. The molecule has 0 amide bonds. The molecule has 5 N–H and O–H groups in total. The number of benzene rings is 1. The lowest BCUT2D eigenvalue weighted by molar-refractivity contribution is -1.02. The predicted molar refractivity (Wildman–Crippen MR) is 90.8 cm³/mol. The maximum atomic E-state index is 12.6. The van der Waals surface area contributed by atoms with E-state index in [1.807, 2.05) is 6.07 Å². The Morgan fingerprint density at radius 3 is 2.59 bits per heavy atom. The first-order chi connectivity index (χ1) is 12.8. The molecular formula is C17H20N4O6. The van der Waals surface area contributed by atoms with Crippen LogP contribution in [-0.4, -0.2) is 23.0 Å². The Hall–Kier alpha value is -2.78. The summed E-state index contributed by atoms with van der Waals surface area (Å²) in [6, 6.07) is 7.63. The van der Waals surface area contributed by atoms with Gasteiger partial charge in [-0.15, -0.1) is 0 Å². The molecule has 0 spiro atoms. The number of ether oxygens (including phenoxy) is 1. The average molecular weight is 376 g/mol. The smallest absolute Gasteiger partial charge is 0.337 e. The van der Waals surface area contributed by atoms with Crippen molar-refractivity contribution in [2.24, 2.45) is 0 Å². The van der Waals surface area contributed by atoms with Crippen LogP contribution in [0, 0.1) is 21.7 Å². The Kier molecular flexibility index (Phi) is 6.65. The third kappa shape index (κ3) is 4.50. The first kappa shape index (κ1) is 20.5. The van der Waals surface area contributed by atoms with Gasteiger partial charge < -0.3 is 20.5 Å². The molecule has 10 nitrogen and oxygen atoms in total. The summed E-state index contributed by atoms with van der Waals surface area (Å²) < 4.78 is 5.09. The van der Waals surface area contributed by atoms with E-state index >= 15 is 0 Å². The van der Waals surface area contributed by atoms with Crippen LogP contribution in [0.4, 0.5) is 5.69 Å². The van der Waals surface area contributed by atoms with Gasteiger partial charge in [0.25, 0.3) is 0 Å². The highest BCUT2D eigenvalue weighted by atomic mass is 16.8. The van der Waals surface area contributed by atoms with E-state index in [2.05, 4.69) is 5.32 Å². The summed E-state index contributed by atoms with van der Waals surface area (Å²) in [6.07, 6.45) is 0.00527. The monoisotopic (exact) mass is 376 g/mol. The number of hydroxylamine groups is 2. The molecule has 3 atom stereocenters. The van der Waals surface area contributed by atoms with Crippen LogP contribution in [0.25, 0.3) is 0 Å². The number of carbonyl (C=O) groups is 1. The second-order valence-corrected chi connectivity index (χ2v) is 5.92. The molecule has 1 aliphatic heterocycles. The molecule has 1 aliphatic rings. The zero-order chi connectivity index (χ0) is 20.1. The fourth-order valence-corrected chi connectivity index (χ4v) is 3.00. The minimum atomic E-state index is -1.24. The summed E-state index contributed by atoms with van der Waals surface area (Å²) in [5, 5.41) is 51.1. The number of carbonyl (C=O) groups excluding carboxylic acids is 1. The second kappa shape index (κ2) is 8.74. The van der Waals surface area contributed by atoms with Crippen molar-refractivity contribution in [3.05, 3.63) is 62.9 Å². The first-order valence-corrected chi connectivity index (χ1v) is 8.07. The maximum absolute atomic E-state index is 12.6. The van der Waals surface area contributed by atoms with Crippen molar-refractivity contribution >= 4 is 11.7 Å². The van der Waals surface area contributed by atoms with Gasteiger partial charge in [-0.25, -0.2) is 15.2 Å². The Labute approximate surface area is 155 Å². The molecule has 0 radical (unpaired) electrons. The number of nitriles is 1. The molecule has 0 saturated heterocycles. The van der Waals surface area contributed by atoms with Crippen LogP contribution in [0.1, 0.15) is 31.7 Å². The number of hydrogen-bond donors (Lipinski definition) is 5. The van der Waals surface area contributed by atoms with Gasteiger partial charge in [-0.2, -0.15) is 15.7 Å². The van der Waals surface area contributed by atoms with Gasteiger partial charge in [0, 0.05) is 17.8 Å². The molecule has 2 rings (SSSR count). The minimum absolute atomic E-state index is 0.00527. The third-order valence-electron chi connectivity index (χ3n) is 4.12. The Morgan fingerprint density at radius 1 is 1.30 bits per heavy atom. The Balaban J connectivity index is 2.56. The first-order valence-electron chi connectivity index (χ1n) is 8.07. The summed E-state index contributed by atoms with van der Waals surface area (Å²) in [4.78, 5) is 12.6. The van der Waals surface area contributed by atoms with E-state index in [0.29, 0.717) is 17.0 Å². The lowest BCUT2D eigenvalue weighted by Gasteiger charge is -2.32. The average Bonchev–Trinajstić information content (AvgIpc) is 2.60. The molecular weight excluding hydrogens is 356 g/mol. The number of esters is 1. The Morgan fingerprint density at radius 2 is 2.00 bits per heavy atom. The van der Waals surface area contributed by atoms with Crippen LogP contribution in [-0.2, 0) is 9.53 Å². The molecule has 27 heavy (non-hydrogen) atoms. The van der Waals surface area contributed by atoms with Gasteiger partial charge in [0.2, 0.25) is 0 Å². The summed E-state index contributed by atoms with van der Waals surface area (Å²) in [7, 11) is 0. The SMILES string of the molecule is CC1=C(C(=O)OCCC#N)[C@H](c2cccc([NH+]([O-])O)c2)C([NH+]([O-])O)=C(C)N1. The molecule has 1 heterocycles. The molecule has 0 bridgehead atoms. The van der Waals surface area contributed by atoms with Crippen molar-refractivity contribution in [1.29, 1.82) is 5.26 Å². The van der Waals surface area contributed by atoms with Crippen molar-refractivity contribution in [2.75, 3.05) is 6.61 Å². The second-order valence-electron chi connectivity index (χ2n) is 5.92. The Bertz CT molecular complexity index is 825. The van der Waals surface area contributed by atoms with Crippen molar-refractivity contribution in [3.63, 3.8) is 0 Å². The van der Waals surface area contributed by atoms with E-state index in [0.717, 1.165) is 0 Å². The quantitative estimate of drug-likeness (QED) is 0.253. The molecule has 0 fully saturated rings. The molecule has 10 heteroatoms. The van der Waals surface area contributed by atoms with Gasteiger partial charge in [-0.3, -0.25) is 0 Å². The highest BCUT2D eigenvalue weighted by Gasteiger charge is 2.38. The van der Waals surface area contributed by atoms with Gasteiger partial charge >= 0.3 is 5.97 Å². The van der Waals surface area contributed by atoms with Crippen LogP contribution < -0.4 is 15.8 Å². The summed E-state index contributed by atoms with van der Waals surface area (Å²) in [5.41, 5.74) is 1.07. The van der Waals surface area contributed by atoms with Crippen LogP contribution >= 0.6 is 0 Å². The fraction of sp³-hybridized carbons (Fsp3) is 0.294. The zero-order valence-corrected chi connectivity index (χ0v) is 14.8. The van der Waals surface area contributed by atoms with Crippen LogP contribution in [0.5, 0.6) is 0 Å². The molecule has 0 saturated carbocycles. The number of quaternary nitrogens is 2. The molecule has 0 aliphatic carbocycles. The lowest BCUT2D eigenvalue weighted by Crippen LogP contribution is -3.03. The maximum Gasteiger partial charge on any atom is 0.337 e. The number of allylic oxidation sites excluding steroid dienone is 3. The molecule has 1 aromatic carbocycles. The normalized spacial score (nSPS) is 19.2. The number of nitrogens with zero attached hydrogens (tertiary/aromatic N) is 1. The summed E-state index contributed by atoms with van der Waals surface area (Å²) in [5.74, 6) is -1.76. The topological polar surface area (TPSA) is 158 Å². The zero-order valence-electron chi connectivity index (χ0n) is 14.8. The summed E-state index contributed by atoms with van der Waals surface area (Å²) in [6.45, 7) is 3.05. The highest BCUT2D eigenvalue weighted by molar-refractivity contribution is 5.92. The number of rotatable bonds is 6. The number of hydrogen-bond acceptors (Lipinski definition) is 8.